The lowest BCUT2D eigenvalue weighted by molar-refractivity contribution is -0.143. The molecular formula is C10H19NO2. The highest BCUT2D eigenvalue weighted by molar-refractivity contribution is 5.71. The summed E-state index contributed by atoms with van der Waals surface area (Å²) in [6.07, 6.45) is 2.63. The molecule has 0 aromatic carbocycles. The van der Waals surface area contributed by atoms with Crippen molar-refractivity contribution in [2.75, 3.05) is 19.7 Å². The number of carbonyl (C=O) groups excluding carboxylic acids is 1. The fraction of sp³-hybridized carbons (Fsp3) is 0.900. The fourth-order valence-electron chi connectivity index (χ4n) is 1.01. The standard InChI is InChI=1S/C10H19NO2/c1-8(2)7-13-10(12)6-11-5-9-3-4-9/h8-9,11H,3-7H2,1-2H3. The summed E-state index contributed by atoms with van der Waals surface area (Å²) in [6, 6.07) is 0. The van der Waals surface area contributed by atoms with Crippen molar-refractivity contribution in [2.45, 2.75) is 26.7 Å². The van der Waals surface area contributed by atoms with Crippen LogP contribution in [0.5, 0.6) is 0 Å². The Balaban J connectivity index is 1.90. The first-order valence-corrected chi connectivity index (χ1v) is 5.05. The van der Waals surface area contributed by atoms with E-state index in [2.05, 4.69) is 5.32 Å². The Kier molecular flexibility index (Phi) is 4.22. The number of carbonyl (C=O) groups is 1. The summed E-state index contributed by atoms with van der Waals surface area (Å²) < 4.78 is 5.00. The average Bonchev–Trinajstić information content (AvgIpc) is 2.84. The lowest BCUT2D eigenvalue weighted by atomic mass is 10.2. The van der Waals surface area contributed by atoms with Gasteiger partial charge in [-0.15, -0.1) is 0 Å². The van der Waals surface area contributed by atoms with Crippen LogP contribution in [0.4, 0.5) is 0 Å². The van der Waals surface area contributed by atoms with Crippen molar-refractivity contribution in [3.05, 3.63) is 0 Å². The molecule has 0 unspecified atom stereocenters. The predicted molar refractivity (Wildman–Crippen MR) is 51.4 cm³/mol. The predicted octanol–water partition coefficient (Wildman–Crippen LogP) is 1.19. The average molecular weight is 185 g/mol. The molecule has 1 aliphatic rings. The summed E-state index contributed by atoms with van der Waals surface area (Å²) in [7, 11) is 0. The highest BCUT2D eigenvalue weighted by Gasteiger charge is 2.20. The van der Waals surface area contributed by atoms with Crippen LogP contribution >= 0.6 is 0 Å². The number of ether oxygens (including phenoxy) is 1. The minimum atomic E-state index is -0.130. The second-order valence-electron chi connectivity index (χ2n) is 4.15. The maximum absolute atomic E-state index is 11.1. The normalized spacial score (nSPS) is 16.2. The number of esters is 1. The van der Waals surface area contributed by atoms with Crippen molar-refractivity contribution in [1.82, 2.24) is 5.32 Å². The van der Waals surface area contributed by atoms with Crippen molar-refractivity contribution < 1.29 is 9.53 Å². The third-order valence-electron chi connectivity index (χ3n) is 1.98. The van der Waals surface area contributed by atoms with Gasteiger partial charge in [0, 0.05) is 0 Å². The van der Waals surface area contributed by atoms with Crippen LogP contribution in [-0.2, 0) is 9.53 Å². The molecule has 0 saturated heterocycles. The van der Waals surface area contributed by atoms with Gasteiger partial charge >= 0.3 is 5.97 Å². The van der Waals surface area contributed by atoms with Crippen LogP contribution in [0.25, 0.3) is 0 Å². The summed E-state index contributed by atoms with van der Waals surface area (Å²) in [5, 5.41) is 3.10. The van der Waals surface area contributed by atoms with Gasteiger partial charge in [-0.2, -0.15) is 0 Å². The van der Waals surface area contributed by atoms with E-state index in [0.717, 1.165) is 12.5 Å². The van der Waals surface area contributed by atoms with Crippen molar-refractivity contribution in [3.8, 4) is 0 Å². The van der Waals surface area contributed by atoms with Gasteiger partial charge in [-0.1, -0.05) is 13.8 Å². The Morgan fingerprint density at radius 1 is 1.54 bits per heavy atom. The smallest absolute Gasteiger partial charge is 0.319 e. The maximum atomic E-state index is 11.1. The van der Waals surface area contributed by atoms with E-state index in [9.17, 15) is 4.79 Å². The van der Waals surface area contributed by atoms with Gasteiger partial charge in [-0.25, -0.2) is 0 Å². The summed E-state index contributed by atoms with van der Waals surface area (Å²) in [4.78, 5) is 11.1. The van der Waals surface area contributed by atoms with Crippen LogP contribution in [0.2, 0.25) is 0 Å². The monoisotopic (exact) mass is 185 g/mol. The molecule has 0 radical (unpaired) electrons. The van der Waals surface area contributed by atoms with Crippen molar-refractivity contribution in [3.63, 3.8) is 0 Å². The zero-order valence-electron chi connectivity index (χ0n) is 8.51. The summed E-state index contributed by atoms with van der Waals surface area (Å²) in [5.41, 5.74) is 0. The second kappa shape index (κ2) is 5.22. The molecule has 0 bridgehead atoms. The number of nitrogens with one attached hydrogen (secondary N) is 1. The van der Waals surface area contributed by atoms with Crippen molar-refractivity contribution in [2.24, 2.45) is 11.8 Å². The molecule has 1 aliphatic carbocycles. The molecule has 1 rings (SSSR count). The Bertz CT molecular complexity index is 164. The zero-order chi connectivity index (χ0) is 9.68. The van der Waals surface area contributed by atoms with E-state index >= 15 is 0 Å². The van der Waals surface area contributed by atoms with Crippen LogP contribution in [0, 0.1) is 11.8 Å². The molecule has 0 amide bonds. The van der Waals surface area contributed by atoms with Gasteiger partial charge in [0.2, 0.25) is 0 Å². The molecule has 3 nitrogen and oxygen atoms in total. The van der Waals surface area contributed by atoms with Crippen molar-refractivity contribution >= 4 is 5.97 Å². The minimum absolute atomic E-state index is 0.130. The van der Waals surface area contributed by atoms with E-state index in [1.807, 2.05) is 13.8 Å². The summed E-state index contributed by atoms with van der Waals surface area (Å²) >= 11 is 0. The van der Waals surface area contributed by atoms with Gasteiger partial charge in [0.15, 0.2) is 0 Å². The van der Waals surface area contributed by atoms with Gasteiger partial charge in [-0.3, -0.25) is 4.79 Å². The number of rotatable bonds is 6. The van der Waals surface area contributed by atoms with Gasteiger partial charge in [0.05, 0.1) is 13.2 Å². The Labute approximate surface area is 79.8 Å². The molecule has 13 heavy (non-hydrogen) atoms. The second-order valence-corrected chi connectivity index (χ2v) is 4.15. The minimum Gasteiger partial charge on any atom is -0.464 e. The van der Waals surface area contributed by atoms with Gasteiger partial charge < -0.3 is 10.1 Å². The Hall–Kier alpha value is -0.570. The molecule has 0 atom stereocenters. The van der Waals surface area contributed by atoms with Crippen LogP contribution in [0.15, 0.2) is 0 Å². The lowest BCUT2D eigenvalue weighted by Gasteiger charge is -2.07. The molecule has 0 heterocycles. The van der Waals surface area contributed by atoms with Crippen LogP contribution in [-0.4, -0.2) is 25.7 Å². The largest absolute Gasteiger partial charge is 0.464 e. The molecule has 3 heteroatoms. The van der Waals surface area contributed by atoms with Crippen molar-refractivity contribution in [1.29, 1.82) is 0 Å². The van der Waals surface area contributed by atoms with E-state index in [1.165, 1.54) is 12.8 Å². The molecule has 0 aromatic rings. The molecule has 1 saturated carbocycles. The van der Waals surface area contributed by atoms with E-state index < -0.39 is 0 Å². The third-order valence-corrected chi connectivity index (χ3v) is 1.98. The fourth-order valence-corrected chi connectivity index (χ4v) is 1.01. The molecule has 1 N–H and O–H groups in total. The Morgan fingerprint density at radius 3 is 2.77 bits per heavy atom. The highest BCUT2D eigenvalue weighted by atomic mass is 16.5. The molecule has 1 fully saturated rings. The lowest BCUT2D eigenvalue weighted by Crippen LogP contribution is -2.27. The zero-order valence-corrected chi connectivity index (χ0v) is 8.51. The number of hydrogen-bond donors (Lipinski definition) is 1. The van der Waals surface area contributed by atoms with Gasteiger partial charge in [-0.05, 0) is 31.2 Å². The van der Waals surface area contributed by atoms with Crippen LogP contribution in [0.1, 0.15) is 26.7 Å². The van der Waals surface area contributed by atoms with E-state index in [0.29, 0.717) is 19.1 Å². The molecule has 0 aromatic heterocycles. The van der Waals surface area contributed by atoms with Gasteiger partial charge in [0.1, 0.15) is 0 Å². The third kappa shape index (κ3) is 5.64. The maximum Gasteiger partial charge on any atom is 0.319 e. The highest BCUT2D eigenvalue weighted by Crippen LogP contribution is 2.27. The quantitative estimate of drug-likeness (QED) is 0.632. The SMILES string of the molecule is CC(C)COC(=O)CNCC1CC1. The van der Waals surface area contributed by atoms with E-state index in [-0.39, 0.29) is 5.97 Å². The first kappa shape index (κ1) is 10.5. The first-order valence-electron chi connectivity index (χ1n) is 5.05. The molecular weight excluding hydrogens is 166 g/mol. The van der Waals surface area contributed by atoms with E-state index in [4.69, 9.17) is 4.74 Å². The Morgan fingerprint density at radius 2 is 2.23 bits per heavy atom. The first-order chi connectivity index (χ1) is 6.18. The summed E-state index contributed by atoms with van der Waals surface area (Å²) in [5.74, 6) is 1.11. The molecule has 76 valence electrons. The molecule has 0 aliphatic heterocycles. The number of hydrogen-bond acceptors (Lipinski definition) is 3. The van der Waals surface area contributed by atoms with Gasteiger partial charge in [0.25, 0.3) is 0 Å². The summed E-state index contributed by atoms with van der Waals surface area (Å²) in [6.45, 7) is 5.93. The van der Waals surface area contributed by atoms with Crippen LogP contribution < -0.4 is 5.32 Å². The molecule has 0 spiro atoms. The van der Waals surface area contributed by atoms with Crippen LogP contribution in [0.3, 0.4) is 0 Å². The van der Waals surface area contributed by atoms with E-state index in [1.54, 1.807) is 0 Å². The topological polar surface area (TPSA) is 38.3 Å².